The standard InChI is InChI=1S/C16H18FNOS/c1-10-8-16(14(11(2)18)9-15(10)17)19-12-4-6-13(20-3)7-5-12/h4-9,11H,18H2,1-3H3. The Morgan fingerprint density at radius 3 is 2.40 bits per heavy atom. The van der Waals surface area contributed by atoms with Gasteiger partial charge in [-0.1, -0.05) is 0 Å². The van der Waals surface area contributed by atoms with E-state index in [1.165, 1.54) is 11.0 Å². The van der Waals surface area contributed by atoms with Crippen molar-refractivity contribution in [2.75, 3.05) is 6.26 Å². The van der Waals surface area contributed by atoms with Gasteiger partial charge in [-0.3, -0.25) is 0 Å². The van der Waals surface area contributed by atoms with Crippen LogP contribution in [0.4, 0.5) is 4.39 Å². The lowest BCUT2D eigenvalue weighted by molar-refractivity contribution is 0.468. The lowest BCUT2D eigenvalue weighted by atomic mass is 10.1. The monoisotopic (exact) mass is 291 g/mol. The Labute approximate surface area is 123 Å². The summed E-state index contributed by atoms with van der Waals surface area (Å²) in [6.45, 7) is 3.53. The molecule has 0 saturated heterocycles. The first-order chi connectivity index (χ1) is 9.51. The number of hydrogen-bond acceptors (Lipinski definition) is 3. The van der Waals surface area contributed by atoms with Gasteiger partial charge in [0, 0.05) is 16.5 Å². The third kappa shape index (κ3) is 3.32. The van der Waals surface area contributed by atoms with Crippen LogP contribution < -0.4 is 10.5 Å². The van der Waals surface area contributed by atoms with Crippen LogP contribution in [0.1, 0.15) is 24.1 Å². The van der Waals surface area contributed by atoms with Crippen LogP contribution in [0.3, 0.4) is 0 Å². The van der Waals surface area contributed by atoms with Crippen molar-refractivity contribution in [1.29, 1.82) is 0 Å². The van der Waals surface area contributed by atoms with E-state index in [9.17, 15) is 4.39 Å². The van der Waals surface area contributed by atoms with Crippen LogP contribution in [0.2, 0.25) is 0 Å². The van der Waals surface area contributed by atoms with Gasteiger partial charge < -0.3 is 10.5 Å². The number of thioether (sulfide) groups is 1. The average Bonchev–Trinajstić information content (AvgIpc) is 2.43. The maximum Gasteiger partial charge on any atom is 0.132 e. The minimum absolute atomic E-state index is 0.262. The van der Waals surface area contributed by atoms with Gasteiger partial charge in [-0.2, -0.15) is 0 Å². The van der Waals surface area contributed by atoms with Crippen molar-refractivity contribution >= 4 is 11.8 Å². The molecule has 0 radical (unpaired) electrons. The van der Waals surface area contributed by atoms with Crippen molar-refractivity contribution < 1.29 is 9.13 Å². The fraction of sp³-hybridized carbons (Fsp3) is 0.250. The fourth-order valence-electron chi connectivity index (χ4n) is 1.89. The molecule has 0 fully saturated rings. The molecule has 0 spiro atoms. The molecular formula is C16H18FNOS. The molecule has 2 nitrogen and oxygen atoms in total. The SMILES string of the molecule is CSc1ccc(Oc2cc(C)c(F)cc2C(C)N)cc1. The van der Waals surface area contributed by atoms with E-state index in [1.807, 2.05) is 37.4 Å². The van der Waals surface area contributed by atoms with E-state index in [4.69, 9.17) is 10.5 Å². The lowest BCUT2D eigenvalue weighted by Crippen LogP contribution is -2.08. The van der Waals surface area contributed by atoms with Crippen LogP contribution in [0, 0.1) is 12.7 Å². The minimum atomic E-state index is -0.287. The number of ether oxygens (including phenoxy) is 1. The molecule has 2 aromatic rings. The molecule has 0 bridgehead atoms. The van der Waals surface area contributed by atoms with Crippen LogP contribution in [0.25, 0.3) is 0 Å². The Morgan fingerprint density at radius 1 is 1.20 bits per heavy atom. The third-order valence-corrected chi connectivity index (χ3v) is 3.81. The van der Waals surface area contributed by atoms with Crippen molar-refractivity contribution in [1.82, 2.24) is 0 Å². The van der Waals surface area contributed by atoms with Gasteiger partial charge in [0.15, 0.2) is 0 Å². The molecule has 0 aromatic heterocycles. The average molecular weight is 291 g/mol. The van der Waals surface area contributed by atoms with Crippen molar-refractivity contribution in [2.45, 2.75) is 24.8 Å². The van der Waals surface area contributed by atoms with E-state index < -0.39 is 0 Å². The predicted octanol–water partition coefficient (Wildman–Crippen LogP) is 4.67. The Kier molecular flexibility index (Phi) is 4.68. The summed E-state index contributed by atoms with van der Waals surface area (Å²) >= 11 is 1.67. The Hall–Kier alpha value is -1.52. The van der Waals surface area contributed by atoms with E-state index in [1.54, 1.807) is 24.8 Å². The number of benzene rings is 2. The highest BCUT2D eigenvalue weighted by molar-refractivity contribution is 7.98. The molecule has 0 aliphatic heterocycles. The number of hydrogen-bond donors (Lipinski definition) is 1. The van der Waals surface area contributed by atoms with Crippen LogP contribution in [-0.2, 0) is 0 Å². The van der Waals surface area contributed by atoms with Gasteiger partial charge in [-0.15, -0.1) is 11.8 Å². The Morgan fingerprint density at radius 2 is 1.85 bits per heavy atom. The van der Waals surface area contributed by atoms with Gasteiger partial charge in [-0.05, 0) is 62.1 Å². The maximum absolute atomic E-state index is 13.6. The molecule has 0 heterocycles. The molecular weight excluding hydrogens is 273 g/mol. The van der Waals surface area contributed by atoms with E-state index in [-0.39, 0.29) is 11.9 Å². The zero-order valence-electron chi connectivity index (χ0n) is 11.8. The van der Waals surface area contributed by atoms with Gasteiger partial charge in [0.05, 0.1) is 0 Å². The minimum Gasteiger partial charge on any atom is -0.457 e. The predicted molar refractivity (Wildman–Crippen MR) is 82.0 cm³/mol. The molecule has 0 aliphatic rings. The van der Waals surface area contributed by atoms with Crippen molar-refractivity contribution in [3.05, 3.63) is 53.3 Å². The van der Waals surface area contributed by atoms with Gasteiger partial charge in [0.1, 0.15) is 17.3 Å². The molecule has 2 aromatic carbocycles. The topological polar surface area (TPSA) is 35.2 Å². The fourth-order valence-corrected chi connectivity index (χ4v) is 2.29. The molecule has 2 N–H and O–H groups in total. The van der Waals surface area contributed by atoms with E-state index in [0.717, 1.165) is 5.75 Å². The van der Waals surface area contributed by atoms with E-state index in [0.29, 0.717) is 16.9 Å². The molecule has 20 heavy (non-hydrogen) atoms. The molecule has 1 unspecified atom stereocenters. The highest BCUT2D eigenvalue weighted by Gasteiger charge is 2.13. The molecule has 0 saturated carbocycles. The summed E-state index contributed by atoms with van der Waals surface area (Å²) in [4.78, 5) is 1.17. The zero-order valence-corrected chi connectivity index (χ0v) is 12.6. The smallest absolute Gasteiger partial charge is 0.132 e. The number of rotatable bonds is 4. The number of halogens is 1. The van der Waals surface area contributed by atoms with Crippen LogP contribution >= 0.6 is 11.8 Å². The van der Waals surface area contributed by atoms with Gasteiger partial charge >= 0.3 is 0 Å². The zero-order chi connectivity index (χ0) is 14.7. The van der Waals surface area contributed by atoms with Crippen LogP contribution in [0.15, 0.2) is 41.3 Å². The summed E-state index contributed by atoms with van der Waals surface area (Å²) in [6, 6.07) is 10.6. The van der Waals surface area contributed by atoms with E-state index in [2.05, 4.69) is 0 Å². The summed E-state index contributed by atoms with van der Waals surface area (Å²) in [6.07, 6.45) is 2.02. The van der Waals surface area contributed by atoms with E-state index >= 15 is 0 Å². The second-order valence-corrected chi connectivity index (χ2v) is 5.59. The van der Waals surface area contributed by atoms with Crippen molar-refractivity contribution in [2.24, 2.45) is 5.73 Å². The summed E-state index contributed by atoms with van der Waals surface area (Å²) in [5.41, 5.74) is 7.10. The van der Waals surface area contributed by atoms with Crippen molar-refractivity contribution in [3.8, 4) is 11.5 Å². The molecule has 0 aliphatic carbocycles. The molecule has 1 atom stereocenters. The quantitative estimate of drug-likeness (QED) is 0.832. The summed E-state index contributed by atoms with van der Waals surface area (Å²) in [7, 11) is 0. The Bertz CT molecular complexity index is 596. The summed E-state index contributed by atoms with van der Waals surface area (Å²) < 4.78 is 19.5. The summed E-state index contributed by atoms with van der Waals surface area (Å²) in [5.74, 6) is 1.06. The second-order valence-electron chi connectivity index (χ2n) is 4.71. The van der Waals surface area contributed by atoms with Gasteiger partial charge in [0.2, 0.25) is 0 Å². The first-order valence-corrected chi connectivity index (χ1v) is 7.61. The first-order valence-electron chi connectivity index (χ1n) is 6.39. The largest absolute Gasteiger partial charge is 0.457 e. The van der Waals surface area contributed by atoms with Gasteiger partial charge in [-0.25, -0.2) is 4.39 Å². The first kappa shape index (κ1) is 14.9. The van der Waals surface area contributed by atoms with Crippen LogP contribution in [0.5, 0.6) is 11.5 Å². The lowest BCUT2D eigenvalue weighted by Gasteiger charge is -2.15. The normalized spacial score (nSPS) is 12.2. The number of aryl methyl sites for hydroxylation is 1. The highest BCUT2D eigenvalue weighted by Crippen LogP contribution is 2.31. The summed E-state index contributed by atoms with van der Waals surface area (Å²) in [5, 5.41) is 0. The molecule has 0 amide bonds. The molecule has 106 valence electrons. The third-order valence-electron chi connectivity index (χ3n) is 3.07. The highest BCUT2D eigenvalue weighted by atomic mass is 32.2. The van der Waals surface area contributed by atoms with Crippen molar-refractivity contribution in [3.63, 3.8) is 0 Å². The molecule has 4 heteroatoms. The van der Waals surface area contributed by atoms with Crippen LogP contribution in [-0.4, -0.2) is 6.26 Å². The number of nitrogens with two attached hydrogens (primary N) is 1. The van der Waals surface area contributed by atoms with Gasteiger partial charge in [0.25, 0.3) is 0 Å². The Balaban J connectivity index is 2.33. The second kappa shape index (κ2) is 6.29. The maximum atomic E-state index is 13.6. The molecule has 2 rings (SSSR count).